The third kappa shape index (κ3) is 4.22. The lowest BCUT2D eigenvalue weighted by atomic mass is 10.3. The molecule has 13 heavy (non-hydrogen) atoms. The van der Waals surface area contributed by atoms with E-state index in [1.54, 1.807) is 0 Å². The number of hydrogen-bond donors (Lipinski definition) is 2. The van der Waals surface area contributed by atoms with Gasteiger partial charge in [-0.05, 0) is 12.8 Å². The van der Waals surface area contributed by atoms with E-state index in [1.165, 1.54) is 5.19 Å². The van der Waals surface area contributed by atoms with Crippen LogP contribution in [-0.4, -0.2) is 32.1 Å². The zero-order valence-corrected chi connectivity index (χ0v) is 9.10. The van der Waals surface area contributed by atoms with Crippen molar-refractivity contribution in [1.29, 1.82) is 0 Å². The third-order valence-electron chi connectivity index (χ3n) is 2.01. The first kappa shape index (κ1) is 10.4. The zero-order chi connectivity index (χ0) is 9.52. The summed E-state index contributed by atoms with van der Waals surface area (Å²) in [6.07, 6.45) is 1.44. The predicted octanol–water partition coefficient (Wildman–Crippen LogP) is -0.428. The van der Waals surface area contributed by atoms with Crippen molar-refractivity contribution in [3.8, 4) is 0 Å². The molecular formula is C10H16O2Si. The molecule has 1 aromatic rings. The van der Waals surface area contributed by atoms with Crippen LogP contribution in [0.2, 0.25) is 0 Å². The molecule has 0 saturated carbocycles. The fourth-order valence-electron chi connectivity index (χ4n) is 1.32. The van der Waals surface area contributed by atoms with Crippen LogP contribution >= 0.6 is 0 Å². The number of rotatable bonds is 5. The Kier molecular flexibility index (Phi) is 4.75. The van der Waals surface area contributed by atoms with Crippen LogP contribution in [0.15, 0.2) is 30.3 Å². The van der Waals surface area contributed by atoms with Crippen molar-refractivity contribution in [2.75, 3.05) is 6.61 Å². The Bertz CT molecular complexity index is 226. The summed E-state index contributed by atoms with van der Waals surface area (Å²) in [4.78, 5) is 0. The molecule has 1 atom stereocenters. The monoisotopic (exact) mass is 196 g/mol. The molecule has 0 amide bonds. The van der Waals surface area contributed by atoms with E-state index in [4.69, 9.17) is 5.11 Å². The first-order chi connectivity index (χ1) is 6.33. The second-order valence-corrected chi connectivity index (χ2v) is 5.38. The Hall–Kier alpha value is -0.643. The summed E-state index contributed by atoms with van der Waals surface area (Å²) in [5.41, 5.74) is -0.186. The average molecular weight is 196 g/mol. The Morgan fingerprint density at radius 3 is 2.54 bits per heavy atom. The summed E-state index contributed by atoms with van der Waals surface area (Å²) in [6, 6.07) is 10.1. The molecule has 0 heterocycles. The van der Waals surface area contributed by atoms with E-state index >= 15 is 0 Å². The molecule has 2 nitrogen and oxygen atoms in total. The molecule has 0 bridgehead atoms. The molecule has 0 fully saturated rings. The Balaban J connectivity index is 2.32. The van der Waals surface area contributed by atoms with Crippen LogP contribution in [0.25, 0.3) is 0 Å². The van der Waals surface area contributed by atoms with E-state index < -0.39 is 9.52 Å². The van der Waals surface area contributed by atoms with E-state index in [-0.39, 0.29) is 12.3 Å². The van der Waals surface area contributed by atoms with Crippen molar-refractivity contribution in [3.63, 3.8) is 0 Å². The molecule has 0 aliphatic rings. The van der Waals surface area contributed by atoms with Gasteiger partial charge in [-0.15, -0.1) is 0 Å². The van der Waals surface area contributed by atoms with Gasteiger partial charge < -0.3 is 10.2 Å². The summed E-state index contributed by atoms with van der Waals surface area (Å²) in [7, 11) is -0.563. The van der Waals surface area contributed by atoms with Crippen LogP contribution in [0.1, 0.15) is 12.8 Å². The molecule has 3 heteroatoms. The van der Waals surface area contributed by atoms with Crippen LogP contribution < -0.4 is 5.19 Å². The molecule has 1 unspecified atom stereocenters. The fourth-order valence-corrected chi connectivity index (χ4v) is 2.90. The van der Waals surface area contributed by atoms with Gasteiger partial charge in [0.25, 0.3) is 0 Å². The van der Waals surface area contributed by atoms with Gasteiger partial charge in [0.1, 0.15) is 0 Å². The SMILES string of the molecule is OCCCC(O)[SiH2]c1ccccc1. The second kappa shape index (κ2) is 5.91. The predicted molar refractivity (Wildman–Crippen MR) is 56.9 cm³/mol. The Labute approximate surface area is 81.1 Å². The summed E-state index contributed by atoms with van der Waals surface area (Å²) in [5, 5.41) is 19.5. The van der Waals surface area contributed by atoms with Gasteiger partial charge in [0.2, 0.25) is 0 Å². The summed E-state index contributed by atoms with van der Waals surface area (Å²) < 4.78 is 0. The van der Waals surface area contributed by atoms with Crippen molar-refractivity contribution in [1.82, 2.24) is 0 Å². The molecule has 72 valence electrons. The third-order valence-corrected chi connectivity index (χ3v) is 3.83. The van der Waals surface area contributed by atoms with Crippen molar-refractivity contribution >= 4 is 14.7 Å². The number of aliphatic hydroxyl groups is 2. The van der Waals surface area contributed by atoms with Crippen LogP contribution in [-0.2, 0) is 0 Å². The lowest BCUT2D eigenvalue weighted by Crippen LogP contribution is -2.27. The molecule has 1 aromatic carbocycles. The average Bonchev–Trinajstić information content (AvgIpc) is 2.16. The van der Waals surface area contributed by atoms with Crippen LogP contribution in [0.5, 0.6) is 0 Å². The first-order valence-corrected chi connectivity index (χ1v) is 6.18. The molecule has 0 spiro atoms. The smallest absolute Gasteiger partial charge is 0.0883 e. The van der Waals surface area contributed by atoms with Crippen molar-refractivity contribution in [3.05, 3.63) is 30.3 Å². The van der Waals surface area contributed by atoms with Crippen LogP contribution in [0.3, 0.4) is 0 Å². The molecule has 0 aliphatic heterocycles. The number of aliphatic hydroxyl groups excluding tert-OH is 2. The number of benzene rings is 1. The van der Waals surface area contributed by atoms with Gasteiger partial charge in [-0.2, -0.15) is 0 Å². The van der Waals surface area contributed by atoms with E-state index in [9.17, 15) is 5.11 Å². The maximum atomic E-state index is 9.58. The van der Waals surface area contributed by atoms with E-state index in [0.717, 1.165) is 6.42 Å². The van der Waals surface area contributed by atoms with E-state index in [0.29, 0.717) is 6.42 Å². The highest BCUT2D eigenvalue weighted by Gasteiger charge is 2.04. The van der Waals surface area contributed by atoms with Gasteiger partial charge in [-0.25, -0.2) is 0 Å². The summed E-state index contributed by atoms with van der Waals surface area (Å²) >= 11 is 0. The standard InChI is InChI=1S/C10H16O2Si/c11-8-4-7-10(12)13-9-5-2-1-3-6-9/h1-3,5-6,10-12H,4,7-8,13H2. The molecule has 0 aromatic heterocycles. The minimum absolute atomic E-state index is 0.181. The normalized spacial score (nSPS) is 13.7. The lowest BCUT2D eigenvalue weighted by Gasteiger charge is -2.08. The minimum atomic E-state index is -0.563. The highest BCUT2D eigenvalue weighted by Crippen LogP contribution is 1.94. The molecule has 0 saturated heterocycles. The maximum absolute atomic E-state index is 9.58. The van der Waals surface area contributed by atoms with Gasteiger partial charge in [-0.1, -0.05) is 35.5 Å². The van der Waals surface area contributed by atoms with Gasteiger partial charge in [0, 0.05) is 12.3 Å². The highest BCUT2D eigenvalue weighted by atomic mass is 28.2. The lowest BCUT2D eigenvalue weighted by molar-refractivity contribution is 0.213. The molecule has 0 radical (unpaired) electrons. The Morgan fingerprint density at radius 1 is 1.23 bits per heavy atom. The van der Waals surface area contributed by atoms with Crippen molar-refractivity contribution in [2.45, 2.75) is 18.6 Å². The van der Waals surface area contributed by atoms with Crippen LogP contribution in [0.4, 0.5) is 0 Å². The minimum Gasteiger partial charge on any atom is -0.397 e. The maximum Gasteiger partial charge on any atom is 0.0883 e. The van der Waals surface area contributed by atoms with Crippen molar-refractivity contribution in [2.24, 2.45) is 0 Å². The quantitative estimate of drug-likeness (QED) is 0.628. The van der Waals surface area contributed by atoms with E-state index in [1.807, 2.05) is 18.2 Å². The number of hydrogen-bond acceptors (Lipinski definition) is 2. The molecule has 2 N–H and O–H groups in total. The Morgan fingerprint density at radius 2 is 1.92 bits per heavy atom. The van der Waals surface area contributed by atoms with E-state index in [2.05, 4.69) is 12.1 Å². The molecular weight excluding hydrogens is 180 g/mol. The van der Waals surface area contributed by atoms with Gasteiger partial charge in [0.15, 0.2) is 0 Å². The van der Waals surface area contributed by atoms with Gasteiger partial charge in [0.05, 0.1) is 9.52 Å². The van der Waals surface area contributed by atoms with Gasteiger partial charge >= 0.3 is 0 Å². The molecule has 1 rings (SSSR count). The molecule has 0 aliphatic carbocycles. The van der Waals surface area contributed by atoms with Crippen molar-refractivity contribution < 1.29 is 10.2 Å². The zero-order valence-electron chi connectivity index (χ0n) is 7.69. The van der Waals surface area contributed by atoms with Crippen LogP contribution in [0, 0.1) is 0 Å². The summed E-state index contributed by atoms with van der Waals surface area (Å²) in [6.45, 7) is 0.181. The highest BCUT2D eigenvalue weighted by molar-refractivity contribution is 6.54. The fraction of sp³-hybridized carbons (Fsp3) is 0.400. The summed E-state index contributed by atoms with van der Waals surface area (Å²) in [5.74, 6) is 0. The first-order valence-electron chi connectivity index (χ1n) is 4.66. The second-order valence-electron chi connectivity index (χ2n) is 3.21. The topological polar surface area (TPSA) is 40.5 Å². The van der Waals surface area contributed by atoms with Gasteiger partial charge in [-0.3, -0.25) is 0 Å². The largest absolute Gasteiger partial charge is 0.397 e.